The third kappa shape index (κ3) is 0.701. The molecule has 68 valence electrons. The molecule has 0 N–H and O–H groups in total. The van der Waals surface area contributed by atoms with Crippen LogP contribution in [0.25, 0.3) is 0 Å². The van der Waals surface area contributed by atoms with E-state index in [0.29, 0.717) is 0 Å². The van der Waals surface area contributed by atoms with Crippen molar-refractivity contribution < 1.29 is 0 Å². The first-order valence-corrected chi connectivity index (χ1v) is 5.68. The van der Waals surface area contributed by atoms with Crippen LogP contribution in [0.5, 0.6) is 0 Å². The second kappa shape index (κ2) is 1.91. The maximum atomic E-state index is 2.49. The van der Waals surface area contributed by atoms with Gasteiger partial charge in [0.25, 0.3) is 0 Å². The Labute approximate surface area is 75.7 Å². The fraction of sp³-hybridized carbons (Fsp3) is 1.00. The molecule has 3 saturated carbocycles. The molecule has 12 heavy (non-hydrogen) atoms. The molecule has 0 amide bonds. The summed E-state index contributed by atoms with van der Waals surface area (Å²) >= 11 is 0. The predicted octanol–water partition coefficient (Wildman–Crippen LogP) is 3.32. The monoisotopic (exact) mass is 164 g/mol. The van der Waals surface area contributed by atoms with Crippen LogP contribution in [0.4, 0.5) is 0 Å². The van der Waals surface area contributed by atoms with Gasteiger partial charge in [-0.3, -0.25) is 0 Å². The standard InChI is InChI=1S/C12H20/c1-7(2)11-8(3)12(11)6-10(12)9-4-5-9/h7-11H,4-6H2,1-3H3. The second-order valence-electron chi connectivity index (χ2n) is 5.82. The van der Waals surface area contributed by atoms with Crippen molar-refractivity contribution in [1.82, 2.24) is 0 Å². The summed E-state index contributed by atoms with van der Waals surface area (Å²) < 4.78 is 0. The first-order chi connectivity index (χ1) is 5.68. The predicted molar refractivity (Wildman–Crippen MR) is 50.8 cm³/mol. The lowest BCUT2D eigenvalue weighted by atomic mass is 10.0. The van der Waals surface area contributed by atoms with Crippen molar-refractivity contribution in [3.8, 4) is 0 Å². The SMILES string of the molecule is CC(C)C1C(C)C12CC2C1CC1. The average Bonchev–Trinajstić information content (AvgIpc) is 2.83. The minimum absolute atomic E-state index is 0.898. The highest BCUT2D eigenvalue weighted by Gasteiger charge is 2.77. The lowest BCUT2D eigenvalue weighted by Gasteiger charge is -2.01. The van der Waals surface area contributed by atoms with Crippen LogP contribution in [0, 0.1) is 35.0 Å². The fourth-order valence-electron chi connectivity index (χ4n) is 4.22. The maximum absolute atomic E-state index is 2.49. The van der Waals surface area contributed by atoms with Crippen molar-refractivity contribution in [1.29, 1.82) is 0 Å². The molecular weight excluding hydrogens is 144 g/mol. The van der Waals surface area contributed by atoms with Crippen LogP contribution in [0.1, 0.15) is 40.0 Å². The van der Waals surface area contributed by atoms with Crippen molar-refractivity contribution in [2.45, 2.75) is 40.0 Å². The molecule has 4 unspecified atom stereocenters. The smallest absolute Gasteiger partial charge is 0.0201 e. The first-order valence-electron chi connectivity index (χ1n) is 5.68. The summed E-state index contributed by atoms with van der Waals surface area (Å²) in [5.74, 6) is 5.48. The Morgan fingerprint density at radius 1 is 1.25 bits per heavy atom. The van der Waals surface area contributed by atoms with Gasteiger partial charge in [0.15, 0.2) is 0 Å². The van der Waals surface area contributed by atoms with E-state index in [1.165, 1.54) is 11.8 Å². The van der Waals surface area contributed by atoms with Gasteiger partial charge in [0, 0.05) is 0 Å². The van der Waals surface area contributed by atoms with E-state index in [-0.39, 0.29) is 0 Å². The first kappa shape index (κ1) is 7.41. The fourth-order valence-corrected chi connectivity index (χ4v) is 4.22. The van der Waals surface area contributed by atoms with Crippen LogP contribution < -0.4 is 0 Å². The Morgan fingerprint density at radius 3 is 2.33 bits per heavy atom. The Kier molecular flexibility index (Phi) is 1.18. The van der Waals surface area contributed by atoms with Gasteiger partial charge in [-0.2, -0.15) is 0 Å². The largest absolute Gasteiger partial charge is 0.0625 e. The quantitative estimate of drug-likeness (QED) is 0.587. The summed E-state index contributed by atoms with van der Waals surface area (Å²) in [5, 5.41) is 0. The van der Waals surface area contributed by atoms with Crippen molar-refractivity contribution in [2.24, 2.45) is 35.0 Å². The maximum Gasteiger partial charge on any atom is -0.0201 e. The third-order valence-corrected chi connectivity index (χ3v) is 4.91. The highest BCUT2D eigenvalue weighted by atomic mass is 14.8. The zero-order valence-electron chi connectivity index (χ0n) is 8.51. The van der Waals surface area contributed by atoms with Crippen molar-refractivity contribution in [3.63, 3.8) is 0 Å². The van der Waals surface area contributed by atoms with Gasteiger partial charge >= 0.3 is 0 Å². The minimum Gasteiger partial charge on any atom is -0.0625 e. The molecule has 0 aliphatic heterocycles. The Hall–Kier alpha value is 0. The summed E-state index contributed by atoms with van der Waals surface area (Å²) in [6, 6.07) is 0. The van der Waals surface area contributed by atoms with E-state index >= 15 is 0 Å². The molecule has 3 aliphatic rings. The number of rotatable bonds is 2. The van der Waals surface area contributed by atoms with Crippen LogP contribution >= 0.6 is 0 Å². The zero-order chi connectivity index (χ0) is 8.51. The highest BCUT2D eigenvalue weighted by Crippen LogP contribution is 2.83. The molecule has 3 rings (SSSR count). The van der Waals surface area contributed by atoms with Gasteiger partial charge < -0.3 is 0 Å². The molecular formula is C12H20. The molecule has 0 bridgehead atoms. The van der Waals surface area contributed by atoms with Crippen molar-refractivity contribution >= 4 is 0 Å². The van der Waals surface area contributed by atoms with E-state index in [4.69, 9.17) is 0 Å². The highest BCUT2D eigenvalue weighted by molar-refractivity contribution is 5.25. The molecule has 0 nitrogen and oxygen atoms in total. The van der Waals surface area contributed by atoms with E-state index in [1.807, 2.05) is 0 Å². The van der Waals surface area contributed by atoms with Crippen LogP contribution in [0.15, 0.2) is 0 Å². The summed E-state index contributed by atoms with van der Waals surface area (Å²) in [6.07, 6.45) is 4.72. The normalized spacial score (nSPS) is 56.5. The lowest BCUT2D eigenvalue weighted by Crippen LogP contribution is -1.95. The molecule has 0 heteroatoms. The van der Waals surface area contributed by atoms with Gasteiger partial charge in [0.2, 0.25) is 0 Å². The van der Waals surface area contributed by atoms with Gasteiger partial charge in [-0.1, -0.05) is 20.8 Å². The molecule has 0 aromatic heterocycles. The van der Waals surface area contributed by atoms with E-state index in [2.05, 4.69) is 20.8 Å². The summed E-state index contributed by atoms with van der Waals surface area (Å²) in [5.41, 5.74) is 0.898. The Morgan fingerprint density at radius 2 is 1.92 bits per heavy atom. The van der Waals surface area contributed by atoms with E-state index in [0.717, 1.165) is 23.2 Å². The molecule has 0 aromatic carbocycles. The van der Waals surface area contributed by atoms with E-state index < -0.39 is 0 Å². The van der Waals surface area contributed by atoms with Crippen LogP contribution in [-0.2, 0) is 0 Å². The van der Waals surface area contributed by atoms with Crippen molar-refractivity contribution in [2.75, 3.05) is 0 Å². The van der Waals surface area contributed by atoms with E-state index in [1.54, 1.807) is 19.3 Å². The van der Waals surface area contributed by atoms with E-state index in [9.17, 15) is 0 Å². The molecule has 3 aliphatic carbocycles. The zero-order valence-corrected chi connectivity index (χ0v) is 8.51. The Balaban J connectivity index is 1.72. The second-order valence-corrected chi connectivity index (χ2v) is 5.82. The summed E-state index contributed by atoms with van der Waals surface area (Å²) in [6.45, 7) is 7.32. The van der Waals surface area contributed by atoms with Crippen LogP contribution in [0.2, 0.25) is 0 Å². The molecule has 3 fully saturated rings. The van der Waals surface area contributed by atoms with Crippen LogP contribution in [0.3, 0.4) is 0 Å². The molecule has 0 aromatic rings. The molecule has 4 atom stereocenters. The van der Waals surface area contributed by atoms with Gasteiger partial charge in [0.1, 0.15) is 0 Å². The average molecular weight is 164 g/mol. The van der Waals surface area contributed by atoms with Gasteiger partial charge in [-0.15, -0.1) is 0 Å². The number of hydrogen-bond acceptors (Lipinski definition) is 0. The lowest BCUT2D eigenvalue weighted by molar-refractivity contribution is 0.477. The minimum atomic E-state index is 0.898. The summed E-state index contributed by atoms with van der Waals surface area (Å²) in [4.78, 5) is 0. The molecule has 0 heterocycles. The third-order valence-electron chi connectivity index (χ3n) is 4.91. The van der Waals surface area contributed by atoms with Crippen LogP contribution in [-0.4, -0.2) is 0 Å². The van der Waals surface area contributed by atoms with Gasteiger partial charge in [-0.05, 0) is 54.3 Å². The van der Waals surface area contributed by atoms with Gasteiger partial charge in [-0.25, -0.2) is 0 Å². The number of hydrogen-bond donors (Lipinski definition) is 0. The molecule has 0 radical (unpaired) electrons. The summed E-state index contributed by atoms with van der Waals surface area (Å²) in [7, 11) is 0. The molecule has 0 saturated heterocycles. The molecule has 1 spiro atoms. The van der Waals surface area contributed by atoms with Gasteiger partial charge in [0.05, 0.1) is 0 Å². The topological polar surface area (TPSA) is 0 Å². The van der Waals surface area contributed by atoms with Crippen molar-refractivity contribution in [3.05, 3.63) is 0 Å². The Bertz CT molecular complexity index is 214.